The van der Waals surface area contributed by atoms with Gasteiger partial charge >= 0.3 is 0 Å². The Kier molecular flexibility index (Phi) is 4.45. The molecule has 3 aromatic carbocycles. The second-order valence-corrected chi connectivity index (χ2v) is 7.23. The topological polar surface area (TPSA) is 25.8 Å². The Morgan fingerprint density at radius 1 is 0.500 bits per heavy atom. The number of fused-ring (bicyclic) bond motifs is 3. The highest BCUT2D eigenvalue weighted by Crippen LogP contribution is 2.35. The van der Waals surface area contributed by atoms with E-state index >= 15 is 0 Å². The van der Waals surface area contributed by atoms with Gasteiger partial charge in [0.1, 0.15) is 0 Å². The number of pyridine rings is 2. The monoisotopic (exact) mass is 384 g/mol. The molecule has 0 aliphatic rings. The average molecular weight is 384 g/mol. The van der Waals surface area contributed by atoms with Gasteiger partial charge in [0.05, 0.1) is 11.0 Å². The van der Waals surface area contributed by atoms with Crippen LogP contribution in [0, 0.1) is 0 Å². The first-order valence-corrected chi connectivity index (χ1v) is 9.90. The van der Waals surface area contributed by atoms with E-state index < -0.39 is 0 Å². The van der Waals surface area contributed by atoms with Crippen LogP contribution >= 0.6 is 0 Å². The van der Waals surface area contributed by atoms with Gasteiger partial charge in [-0.2, -0.15) is 0 Å². The van der Waals surface area contributed by atoms with Gasteiger partial charge in [-0.05, 0) is 45.5 Å². The van der Waals surface area contributed by atoms with E-state index in [1.54, 1.807) is 0 Å². The molecule has 142 valence electrons. The van der Waals surface area contributed by atoms with Gasteiger partial charge in [0.25, 0.3) is 0 Å². The molecule has 0 N–H and O–H groups in total. The van der Waals surface area contributed by atoms with E-state index in [0.29, 0.717) is 0 Å². The van der Waals surface area contributed by atoms with Crippen molar-refractivity contribution >= 4 is 34.0 Å². The molecule has 0 saturated heterocycles. The molecule has 5 aromatic rings. The molecule has 0 spiro atoms. The van der Waals surface area contributed by atoms with Crippen molar-refractivity contribution in [2.75, 3.05) is 0 Å². The maximum absolute atomic E-state index is 4.70. The van der Waals surface area contributed by atoms with Crippen molar-refractivity contribution in [3.8, 4) is 22.3 Å². The zero-order valence-corrected chi connectivity index (χ0v) is 16.5. The first kappa shape index (κ1) is 18.0. The molecule has 0 fully saturated rings. The molecule has 2 aromatic heterocycles. The maximum atomic E-state index is 4.70. The number of benzene rings is 3. The van der Waals surface area contributed by atoms with Crippen LogP contribution < -0.4 is 0 Å². The minimum Gasteiger partial charge on any atom is -0.254 e. The van der Waals surface area contributed by atoms with Gasteiger partial charge < -0.3 is 0 Å². The van der Waals surface area contributed by atoms with E-state index in [0.717, 1.165) is 55.2 Å². The normalized spacial score (nSPS) is 10.9. The fourth-order valence-corrected chi connectivity index (χ4v) is 3.93. The third-order valence-electron chi connectivity index (χ3n) is 5.54. The lowest BCUT2D eigenvalue weighted by atomic mass is 9.96. The molecule has 0 unspecified atom stereocenters. The predicted molar refractivity (Wildman–Crippen MR) is 128 cm³/mol. The molecular weight excluding hydrogens is 364 g/mol. The molecule has 0 bridgehead atoms. The average Bonchev–Trinajstić information content (AvgIpc) is 2.83. The Hall–Kier alpha value is -4.04. The summed E-state index contributed by atoms with van der Waals surface area (Å²) in [4.78, 5) is 9.40. The molecule has 5 rings (SSSR count). The summed E-state index contributed by atoms with van der Waals surface area (Å²) in [6, 6.07) is 25.3. The number of aromatic nitrogens is 2. The SMILES string of the molecule is C=Cc1ccc(-c2ccnc3c2ccc2c(-c4ccc(C=C)cc4)ccnc23)cc1. The molecule has 2 nitrogen and oxygen atoms in total. The van der Waals surface area contributed by atoms with Gasteiger partial charge in [0, 0.05) is 23.2 Å². The number of nitrogens with zero attached hydrogens (tertiary/aromatic N) is 2. The number of rotatable bonds is 4. The summed E-state index contributed by atoms with van der Waals surface area (Å²) >= 11 is 0. The van der Waals surface area contributed by atoms with Gasteiger partial charge in [0.15, 0.2) is 0 Å². The fourth-order valence-electron chi connectivity index (χ4n) is 3.93. The summed E-state index contributed by atoms with van der Waals surface area (Å²) in [5.41, 5.74) is 8.67. The Bertz CT molecular complexity index is 1290. The predicted octanol–water partition coefficient (Wildman–Crippen LogP) is 7.40. The standard InChI is InChI=1S/C28H20N2/c1-3-19-5-9-21(10-6-19)23-15-17-29-27-25(23)13-14-26-24(16-18-30-28(26)27)22-11-7-20(4-2)8-12-22/h3-18H,1-2H2. The highest BCUT2D eigenvalue weighted by Gasteiger charge is 2.12. The smallest absolute Gasteiger partial charge is 0.0970 e. The molecule has 0 aliphatic heterocycles. The van der Waals surface area contributed by atoms with Gasteiger partial charge in [-0.1, -0.05) is 86.0 Å². The molecule has 2 heteroatoms. The van der Waals surface area contributed by atoms with Crippen molar-refractivity contribution < 1.29 is 0 Å². The summed E-state index contributed by atoms with van der Waals surface area (Å²) in [5, 5.41) is 2.20. The molecule has 0 radical (unpaired) electrons. The van der Waals surface area contributed by atoms with Crippen LogP contribution in [0.15, 0.2) is 98.3 Å². The Morgan fingerprint density at radius 2 is 0.900 bits per heavy atom. The van der Waals surface area contributed by atoms with Gasteiger partial charge in [0.2, 0.25) is 0 Å². The third kappa shape index (κ3) is 2.99. The third-order valence-corrected chi connectivity index (χ3v) is 5.54. The van der Waals surface area contributed by atoms with Crippen LogP contribution in [0.2, 0.25) is 0 Å². The molecule has 30 heavy (non-hydrogen) atoms. The molecular formula is C28H20N2. The van der Waals surface area contributed by atoms with Crippen molar-refractivity contribution in [3.63, 3.8) is 0 Å². The Balaban J connectivity index is 1.72. The second-order valence-electron chi connectivity index (χ2n) is 7.23. The minimum atomic E-state index is 0.919. The fraction of sp³-hybridized carbons (Fsp3) is 0. The minimum absolute atomic E-state index is 0.919. The molecule has 0 atom stereocenters. The lowest BCUT2D eigenvalue weighted by Crippen LogP contribution is -1.90. The van der Waals surface area contributed by atoms with Crippen molar-refractivity contribution in [1.29, 1.82) is 0 Å². The molecule has 2 heterocycles. The lowest BCUT2D eigenvalue weighted by Gasteiger charge is -2.11. The van der Waals surface area contributed by atoms with Gasteiger partial charge in [-0.3, -0.25) is 9.97 Å². The molecule has 0 amide bonds. The van der Waals surface area contributed by atoms with Crippen molar-refractivity contribution in [1.82, 2.24) is 9.97 Å². The van der Waals surface area contributed by atoms with Crippen LogP contribution in [0.4, 0.5) is 0 Å². The summed E-state index contributed by atoms with van der Waals surface area (Å²) in [7, 11) is 0. The first-order chi connectivity index (χ1) is 14.8. The van der Waals surface area contributed by atoms with Gasteiger partial charge in [-0.25, -0.2) is 0 Å². The van der Waals surface area contributed by atoms with Crippen LogP contribution in [0.3, 0.4) is 0 Å². The summed E-state index contributed by atoms with van der Waals surface area (Å²) in [6.45, 7) is 7.67. The van der Waals surface area contributed by atoms with E-state index in [2.05, 4.69) is 86.0 Å². The zero-order valence-electron chi connectivity index (χ0n) is 16.5. The van der Waals surface area contributed by atoms with Crippen LogP contribution in [-0.2, 0) is 0 Å². The highest BCUT2D eigenvalue weighted by atomic mass is 14.7. The largest absolute Gasteiger partial charge is 0.254 e. The Labute approximate surface area is 175 Å². The van der Waals surface area contributed by atoms with Crippen molar-refractivity contribution in [2.45, 2.75) is 0 Å². The lowest BCUT2D eigenvalue weighted by molar-refractivity contribution is 1.37. The van der Waals surface area contributed by atoms with Crippen LogP contribution in [0.25, 0.3) is 56.2 Å². The van der Waals surface area contributed by atoms with E-state index in [4.69, 9.17) is 9.97 Å². The van der Waals surface area contributed by atoms with E-state index in [9.17, 15) is 0 Å². The summed E-state index contributed by atoms with van der Waals surface area (Å²) in [5.74, 6) is 0. The van der Waals surface area contributed by atoms with Crippen molar-refractivity contribution in [3.05, 3.63) is 109 Å². The summed E-state index contributed by atoms with van der Waals surface area (Å²) < 4.78 is 0. The van der Waals surface area contributed by atoms with Crippen LogP contribution in [0.5, 0.6) is 0 Å². The van der Waals surface area contributed by atoms with Gasteiger partial charge in [-0.15, -0.1) is 0 Å². The summed E-state index contributed by atoms with van der Waals surface area (Å²) in [6.07, 6.45) is 7.45. The quantitative estimate of drug-likeness (QED) is 0.302. The first-order valence-electron chi connectivity index (χ1n) is 9.90. The van der Waals surface area contributed by atoms with Crippen molar-refractivity contribution in [2.24, 2.45) is 0 Å². The molecule has 0 saturated carbocycles. The van der Waals surface area contributed by atoms with Crippen LogP contribution in [-0.4, -0.2) is 9.97 Å². The van der Waals surface area contributed by atoms with E-state index in [1.807, 2.05) is 24.5 Å². The number of hydrogen-bond acceptors (Lipinski definition) is 2. The second kappa shape index (κ2) is 7.41. The van der Waals surface area contributed by atoms with E-state index in [-0.39, 0.29) is 0 Å². The van der Waals surface area contributed by atoms with E-state index in [1.165, 1.54) is 0 Å². The Morgan fingerprint density at radius 3 is 1.27 bits per heavy atom. The number of hydrogen-bond donors (Lipinski definition) is 0. The van der Waals surface area contributed by atoms with Crippen LogP contribution in [0.1, 0.15) is 11.1 Å². The zero-order chi connectivity index (χ0) is 20.5. The molecule has 0 aliphatic carbocycles. The highest BCUT2D eigenvalue weighted by molar-refractivity contribution is 6.11. The maximum Gasteiger partial charge on any atom is 0.0970 e.